The van der Waals surface area contributed by atoms with Crippen LogP contribution in [0.25, 0.3) is 0 Å². The fraction of sp³-hybridized carbons (Fsp3) is 0.500. The third-order valence-electron chi connectivity index (χ3n) is 3.68. The summed E-state index contributed by atoms with van der Waals surface area (Å²) in [5.41, 5.74) is 0.337. The van der Waals surface area contributed by atoms with Gasteiger partial charge in [0.05, 0.1) is 13.2 Å². The molecule has 1 aromatic carbocycles. The van der Waals surface area contributed by atoms with E-state index in [0.29, 0.717) is 24.3 Å². The van der Waals surface area contributed by atoms with Crippen molar-refractivity contribution in [2.24, 2.45) is 0 Å². The summed E-state index contributed by atoms with van der Waals surface area (Å²) >= 11 is 0. The maximum Gasteiger partial charge on any atom is 0.326 e. The molecule has 0 bridgehead atoms. The van der Waals surface area contributed by atoms with E-state index < -0.39 is 33.4 Å². The van der Waals surface area contributed by atoms with Crippen molar-refractivity contribution in [3.05, 3.63) is 29.8 Å². The smallest absolute Gasteiger partial charge is 0.326 e. The second-order valence-corrected chi connectivity index (χ2v) is 7.04. The predicted molar refractivity (Wildman–Crippen MR) is 79.2 cm³/mol. The second kappa shape index (κ2) is 6.64. The average Bonchev–Trinajstić information content (AvgIpc) is 2.92. The van der Waals surface area contributed by atoms with Crippen LogP contribution in [0.1, 0.15) is 24.9 Å². The van der Waals surface area contributed by atoms with Crippen molar-refractivity contribution in [3.8, 4) is 5.75 Å². The second-order valence-electron chi connectivity index (χ2n) is 5.11. The highest BCUT2D eigenvalue weighted by atomic mass is 32.2. The Labute approximate surface area is 129 Å². The first-order valence-corrected chi connectivity index (χ1v) is 8.39. The number of carboxylic acid groups (broad SMARTS) is 1. The first-order valence-electron chi connectivity index (χ1n) is 6.84. The largest absolute Gasteiger partial charge is 0.497 e. The standard InChI is InChI=1S/C14H19NO6S/c1-9-12(7-8-21-9)22(18,19)15-13(14(16)17)10-3-5-11(20-2)6-4-10/h3-6,9,12-13,15H,7-8H2,1-2H3,(H,16,17). The summed E-state index contributed by atoms with van der Waals surface area (Å²) in [6.45, 7) is 2.02. The van der Waals surface area contributed by atoms with Gasteiger partial charge in [-0.2, -0.15) is 4.72 Å². The van der Waals surface area contributed by atoms with Crippen LogP contribution in [-0.4, -0.2) is 44.6 Å². The van der Waals surface area contributed by atoms with E-state index in [2.05, 4.69) is 4.72 Å². The molecule has 22 heavy (non-hydrogen) atoms. The van der Waals surface area contributed by atoms with Crippen LogP contribution in [0.5, 0.6) is 5.75 Å². The molecule has 1 aromatic rings. The van der Waals surface area contributed by atoms with Crippen molar-refractivity contribution in [1.82, 2.24) is 4.72 Å². The number of rotatable bonds is 6. The third-order valence-corrected chi connectivity index (χ3v) is 5.66. The Hall–Kier alpha value is -1.64. The SMILES string of the molecule is COc1ccc(C(NS(=O)(=O)C2CCOC2C)C(=O)O)cc1. The van der Waals surface area contributed by atoms with Gasteiger partial charge in [-0.3, -0.25) is 4.79 Å². The molecular weight excluding hydrogens is 310 g/mol. The lowest BCUT2D eigenvalue weighted by Gasteiger charge is -2.20. The number of methoxy groups -OCH3 is 1. The summed E-state index contributed by atoms with van der Waals surface area (Å²) in [7, 11) is -2.31. The minimum Gasteiger partial charge on any atom is -0.497 e. The number of nitrogens with one attached hydrogen (secondary N) is 1. The summed E-state index contributed by atoms with van der Waals surface area (Å²) in [6.07, 6.45) is -0.103. The van der Waals surface area contributed by atoms with Gasteiger partial charge in [0.25, 0.3) is 0 Å². The van der Waals surface area contributed by atoms with Crippen molar-refractivity contribution in [3.63, 3.8) is 0 Å². The minimum absolute atomic E-state index is 0.337. The molecule has 3 atom stereocenters. The van der Waals surface area contributed by atoms with Crippen LogP contribution in [0.3, 0.4) is 0 Å². The molecule has 2 N–H and O–H groups in total. The molecule has 0 radical (unpaired) electrons. The van der Waals surface area contributed by atoms with E-state index in [0.717, 1.165) is 0 Å². The molecule has 0 amide bonds. The van der Waals surface area contributed by atoms with E-state index in [1.807, 2.05) is 0 Å². The summed E-state index contributed by atoms with van der Waals surface area (Å²) in [5.74, 6) is -0.700. The van der Waals surface area contributed by atoms with Crippen molar-refractivity contribution >= 4 is 16.0 Å². The number of hydrogen-bond donors (Lipinski definition) is 2. The molecule has 1 fully saturated rings. The van der Waals surface area contributed by atoms with Gasteiger partial charge in [0.2, 0.25) is 10.0 Å². The van der Waals surface area contributed by atoms with Crippen LogP contribution in [0, 0.1) is 0 Å². The van der Waals surface area contributed by atoms with Crippen molar-refractivity contribution in [2.75, 3.05) is 13.7 Å². The molecule has 1 heterocycles. The first kappa shape index (κ1) is 16.7. The lowest BCUT2D eigenvalue weighted by molar-refractivity contribution is -0.139. The van der Waals surface area contributed by atoms with Crippen LogP contribution >= 0.6 is 0 Å². The monoisotopic (exact) mass is 329 g/mol. The molecule has 0 saturated carbocycles. The Morgan fingerprint density at radius 3 is 2.50 bits per heavy atom. The Bertz CT molecular complexity index is 627. The lowest BCUT2D eigenvalue weighted by atomic mass is 10.1. The number of benzene rings is 1. The van der Waals surface area contributed by atoms with Gasteiger partial charge < -0.3 is 14.6 Å². The fourth-order valence-corrected chi connectivity index (χ4v) is 4.16. The molecule has 0 spiro atoms. The molecule has 8 heteroatoms. The first-order chi connectivity index (χ1) is 10.3. The number of ether oxygens (including phenoxy) is 2. The lowest BCUT2D eigenvalue weighted by Crippen LogP contribution is -2.42. The zero-order valence-corrected chi connectivity index (χ0v) is 13.2. The van der Waals surface area contributed by atoms with Gasteiger partial charge >= 0.3 is 5.97 Å². The van der Waals surface area contributed by atoms with E-state index >= 15 is 0 Å². The molecule has 1 aliphatic heterocycles. The van der Waals surface area contributed by atoms with Crippen molar-refractivity contribution < 1.29 is 27.8 Å². The van der Waals surface area contributed by atoms with E-state index in [9.17, 15) is 18.3 Å². The van der Waals surface area contributed by atoms with Crippen LogP contribution < -0.4 is 9.46 Å². The van der Waals surface area contributed by atoms with Crippen LogP contribution in [0.15, 0.2) is 24.3 Å². The Morgan fingerprint density at radius 2 is 2.05 bits per heavy atom. The highest BCUT2D eigenvalue weighted by Gasteiger charge is 2.38. The zero-order chi connectivity index (χ0) is 16.3. The summed E-state index contributed by atoms with van der Waals surface area (Å²) in [4.78, 5) is 11.4. The van der Waals surface area contributed by atoms with Gasteiger partial charge in [0.1, 0.15) is 17.0 Å². The number of carboxylic acids is 1. The summed E-state index contributed by atoms with van der Waals surface area (Å²) in [6, 6.07) is 4.87. The van der Waals surface area contributed by atoms with Gasteiger partial charge in [0.15, 0.2) is 0 Å². The molecular formula is C14H19NO6S. The predicted octanol–water partition coefficient (Wildman–Crippen LogP) is 0.918. The fourth-order valence-electron chi connectivity index (χ4n) is 2.43. The molecule has 122 valence electrons. The molecule has 2 rings (SSSR count). The number of sulfonamides is 1. The van der Waals surface area contributed by atoms with Gasteiger partial charge in [-0.05, 0) is 31.0 Å². The molecule has 0 aliphatic carbocycles. The molecule has 0 aromatic heterocycles. The van der Waals surface area contributed by atoms with Gasteiger partial charge in [-0.15, -0.1) is 0 Å². The van der Waals surface area contributed by atoms with Crippen LogP contribution in [0.4, 0.5) is 0 Å². The quantitative estimate of drug-likeness (QED) is 0.804. The zero-order valence-electron chi connectivity index (χ0n) is 12.4. The summed E-state index contributed by atoms with van der Waals surface area (Å²) < 4.78 is 37.3. The maximum absolute atomic E-state index is 12.4. The molecule has 1 saturated heterocycles. The van der Waals surface area contributed by atoms with E-state index in [4.69, 9.17) is 9.47 Å². The van der Waals surface area contributed by atoms with Crippen molar-refractivity contribution in [2.45, 2.75) is 30.7 Å². The molecule has 1 aliphatic rings. The highest BCUT2D eigenvalue weighted by Crippen LogP contribution is 2.24. The van der Waals surface area contributed by atoms with Gasteiger partial charge in [0, 0.05) is 6.61 Å². The Morgan fingerprint density at radius 1 is 1.41 bits per heavy atom. The maximum atomic E-state index is 12.4. The molecule has 3 unspecified atom stereocenters. The van der Waals surface area contributed by atoms with Crippen LogP contribution in [-0.2, 0) is 19.6 Å². The third kappa shape index (κ3) is 3.57. The highest BCUT2D eigenvalue weighted by molar-refractivity contribution is 7.90. The normalized spacial score (nSPS) is 23.2. The summed E-state index contributed by atoms with van der Waals surface area (Å²) in [5, 5.41) is 8.59. The van der Waals surface area contributed by atoms with Crippen molar-refractivity contribution in [1.29, 1.82) is 0 Å². The average molecular weight is 329 g/mol. The Balaban J connectivity index is 2.23. The van der Waals surface area contributed by atoms with Gasteiger partial charge in [-0.25, -0.2) is 8.42 Å². The number of aliphatic carboxylic acids is 1. The number of hydrogen-bond acceptors (Lipinski definition) is 5. The van der Waals surface area contributed by atoms with Gasteiger partial charge in [-0.1, -0.05) is 12.1 Å². The van der Waals surface area contributed by atoms with Crippen LogP contribution in [0.2, 0.25) is 0 Å². The Kier molecular flexibility index (Phi) is 5.05. The topological polar surface area (TPSA) is 102 Å². The molecule has 7 nitrogen and oxygen atoms in total. The van der Waals surface area contributed by atoms with E-state index in [-0.39, 0.29) is 0 Å². The van der Waals surface area contributed by atoms with E-state index in [1.54, 1.807) is 19.1 Å². The number of carbonyl (C=O) groups is 1. The minimum atomic E-state index is -3.80. The van der Waals surface area contributed by atoms with E-state index in [1.165, 1.54) is 19.2 Å².